The first-order valence-corrected chi connectivity index (χ1v) is 11.2. The second-order valence-electron chi connectivity index (χ2n) is 8.16. The smallest absolute Gasteiger partial charge is 0.255 e. The van der Waals surface area contributed by atoms with Gasteiger partial charge in [0.1, 0.15) is 10.6 Å². The van der Waals surface area contributed by atoms with E-state index in [2.05, 4.69) is 26.1 Å². The molecule has 1 N–H and O–H groups in total. The third-order valence-corrected chi connectivity index (χ3v) is 6.94. The SMILES string of the molecule is COc1ccc(NC(=O)c2ccc(C(C)(C)C)cc2)cc1S(=O)(=O)N1CCOCC1. The molecular formula is C22H28N2O5S. The summed E-state index contributed by atoms with van der Waals surface area (Å²) in [6, 6.07) is 12.0. The Labute approximate surface area is 178 Å². The molecule has 1 heterocycles. The normalized spacial score (nSPS) is 15.6. The highest BCUT2D eigenvalue weighted by Gasteiger charge is 2.29. The highest BCUT2D eigenvalue weighted by molar-refractivity contribution is 7.89. The number of ether oxygens (including phenoxy) is 2. The van der Waals surface area contributed by atoms with Crippen LogP contribution < -0.4 is 10.1 Å². The number of sulfonamides is 1. The number of amides is 1. The molecular weight excluding hydrogens is 404 g/mol. The molecule has 0 atom stereocenters. The van der Waals surface area contributed by atoms with Crippen molar-refractivity contribution in [3.05, 3.63) is 53.6 Å². The molecule has 0 spiro atoms. The zero-order valence-electron chi connectivity index (χ0n) is 17.8. The van der Waals surface area contributed by atoms with E-state index in [-0.39, 0.29) is 35.1 Å². The molecule has 1 amide bonds. The Morgan fingerprint density at radius 2 is 1.70 bits per heavy atom. The van der Waals surface area contributed by atoms with Crippen LogP contribution >= 0.6 is 0 Å². The average Bonchev–Trinajstić information content (AvgIpc) is 2.73. The number of rotatable bonds is 5. The molecule has 1 aliphatic rings. The van der Waals surface area contributed by atoms with Crippen molar-refractivity contribution in [2.75, 3.05) is 38.7 Å². The van der Waals surface area contributed by atoms with Gasteiger partial charge in [-0.1, -0.05) is 32.9 Å². The fourth-order valence-electron chi connectivity index (χ4n) is 3.21. The lowest BCUT2D eigenvalue weighted by molar-refractivity contribution is 0.0729. The maximum atomic E-state index is 13.1. The van der Waals surface area contributed by atoms with E-state index >= 15 is 0 Å². The fraction of sp³-hybridized carbons (Fsp3) is 0.409. The molecule has 0 unspecified atom stereocenters. The molecule has 0 aromatic heterocycles. The third-order valence-electron chi connectivity index (χ3n) is 5.02. The summed E-state index contributed by atoms with van der Waals surface area (Å²) in [5.41, 5.74) is 2.00. The van der Waals surface area contributed by atoms with E-state index in [9.17, 15) is 13.2 Å². The maximum Gasteiger partial charge on any atom is 0.255 e. The van der Waals surface area contributed by atoms with Crippen LogP contribution in [0.25, 0.3) is 0 Å². The van der Waals surface area contributed by atoms with Gasteiger partial charge in [0.05, 0.1) is 20.3 Å². The second-order valence-corrected chi connectivity index (χ2v) is 10.1. The Morgan fingerprint density at radius 1 is 1.07 bits per heavy atom. The summed E-state index contributed by atoms with van der Waals surface area (Å²) in [7, 11) is -2.35. The molecule has 3 rings (SSSR count). The van der Waals surface area contributed by atoms with E-state index < -0.39 is 10.0 Å². The first kappa shape index (κ1) is 22.3. The first-order chi connectivity index (χ1) is 14.1. The first-order valence-electron chi connectivity index (χ1n) is 9.81. The highest BCUT2D eigenvalue weighted by atomic mass is 32.2. The van der Waals surface area contributed by atoms with Gasteiger partial charge in [-0.15, -0.1) is 0 Å². The zero-order valence-corrected chi connectivity index (χ0v) is 18.6. The zero-order chi connectivity index (χ0) is 21.9. The van der Waals surface area contributed by atoms with Crippen LogP contribution in [-0.4, -0.2) is 52.0 Å². The van der Waals surface area contributed by atoms with Crippen LogP contribution in [0.4, 0.5) is 5.69 Å². The van der Waals surface area contributed by atoms with Gasteiger partial charge in [0.2, 0.25) is 10.0 Å². The minimum Gasteiger partial charge on any atom is -0.495 e. The molecule has 0 radical (unpaired) electrons. The van der Waals surface area contributed by atoms with Gasteiger partial charge in [-0.25, -0.2) is 8.42 Å². The Balaban J connectivity index is 1.85. The van der Waals surface area contributed by atoms with Crippen molar-refractivity contribution in [1.82, 2.24) is 4.31 Å². The summed E-state index contributed by atoms with van der Waals surface area (Å²) < 4.78 is 38.0. The van der Waals surface area contributed by atoms with Crippen LogP contribution in [0.1, 0.15) is 36.7 Å². The van der Waals surface area contributed by atoms with Crippen LogP contribution in [0, 0.1) is 0 Å². The van der Waals surface area contributed by atoms with Gasteiger partial charge in [-0.3, -0.25) is 4.79 Å². The largest absolute Gasteiger partial charge is 0.495 e. The average molecular weight is 433 g/mol. The number of carbonyl (C=O) groups is 1. The lowest BCUT2D eigenvalue weighted by Crippen LogP contribution is -2.40. The summed E-state index contributed by atoms with van der Waals surface area (Å²) in [6.07, 6.45) is 0. The van der Waals surface area contributed by atoms with Gasteiger partial charge in [-0.05, 0) is 41.3 Å². The summed E-state index contributed by atoms with van der Waals surface area (Å²) in [5, 5.41) is 2.78. The number of morpholine rings is 1. The van der Waals surface area contributed by atoms with Gasteiger partial charge in [0, 0.05) is 24.3 Å². The van der Waals surface area contributed by atoms with Crippen LogP contribution in [0.15, 0.2) is 47.4 Å². The molecule has 2 aromatic carbocycles. The van der Waals surface area contributed by atoms with E-state index in [1.54, 1.807) is 24.3 Å². The van der Waals surface area contributed by atoms with Crippen LogP contribution in [0.3, 0.4) is 0 Å². The van der Waals surface area contributed by atoms with Crippen molar-refractivity contribution in [2.24, 2.45) is 0 Å². The molecule has 1 aliphatic heterocycles. The number of anilines is 1. The Hall–Kier alpha value is -2.42. The molecule has 7 nitrogen and oxygen atoms in total. The van der Waals surface area contributed by atoms with E-state index in [1.807, 2.05) is 12.1 Å². The maximum absolute atomic E-state index is 13.1. The minimum atomic E-state index is -3.77. The Morgan fingerprint density at radius 3 is 2.27 bits per heavy atom. The minimum absolute atomic E-state index is 0.00621. The topological polar surface area (TPSA) is 84.9 Å². The molecule has 0 saturated carbocycles. The molecule has 0 aliphatic carbocycles. The number of methoxy groups -OCH3 is 1. The number of carbonyl (C=O) groups excluding carboxylic acids is 1. The molecule has 1 fully saturated rings. The van der Waals surface area contributed by atoms with E-state index in [1.165, 1.54) is 17.5 Å². The van der Waals surface area contributed by atoms with Crippen molar-refractivity contribution < 1.29 is 22.7 Å². The Kier molecular flexibility index (Phi) is 6.50. The van der Waals surface area contributed by atoms with Gasteiger partial charge in [0.15, 0.2) is 0 Å². The van der Waals surface area contributed by atoms with Crippen LogP contribution in [0.5, 0.6) is 5.75 Å². The number of hydrogen-bond donors (Lipinski definition) is 1. The number of benzene rings is 2. The monoisotopic (exact) mass is 432 g/mol. The highest BCUT2D eigenvalue weighted by Crippen LogP contribution is 2.30. The molecule has 30 heavy (non-hydrogen) atoms. The fourth-order valence-corrected chi connectivity index (χ4v) is 4.80. The summed E-state index contributed by atoms with van der Waals surface area (Å²) >= 11 is 0. The van der Waals surface area contributed by atoms with Gasteiger partial charge in [0.25, 0.3) is 5.91 Å². The van der Waals surface area contributed by atoms with Crippen molar-refractivity contribution in [3.8, 4) is 5.75 Å². The van der Waals surface area contributed by atoms with E-state index in [0.29, 0.717) is 24.5 Å². The van der Waals surface area contributed by atoms with Crippen LogP contribution in [-0.2, 0) is 20.2 Å². The molecule has 162 valence electrons. The summed E-state index contributed by atoms with van der Waals surface area (Å²) in [6.45, 7) is 7.58. The molecule has 0 bridgehead atoms. The predicted molar refractivity (Wildman–Crippen MR) is 116 cm³/mol. The lowest BCUT2D eigenvalue weighted by Gasteiger charge is -2.26. The molecule has 2 aromatic rings. The van der Waals surface area contributed by atoms with Gasteiger partial charge in [-0.2, -0.15) is 4.31 Å². The van der Waals surface area contributed by atoms with Crippen molar-refractivity contribution in [3.63, 3.8) is 0 Å². The summed E-state index contributed by atoms with van der Waals surface area (Å²) in [5.74, 6) is -0.0793. The quantitative estimate of drug-likeness (QED) is 0.784. The van der Waals surface area contributed by atoms with Crippen molar-refractivity contribution >= 4 is 21.6 Å². The van der Waals surface area contributed by atoms with E-state index in [0.717, 1.165) is 5.56 Å². The second kappa shape index (κ2) is 8.75. The number of nitrogens with zero attached hydrogens (tertiary/aromatic N) is 1. The van der Waals surface area contributed by atoms with Gasteiger partial charge >= 0.3 is 0 Å². The molecule has 1 saturated heterocycles. The lowest BCUT2D eigenvalue weighted by atomic mass is 9.87. The molecule has 8 heteroatoms. The van der Waals surface area contributed by atoms with Crippen molar-refractivity contribution in [2.45, 2.75) is 31.1 Å². The predicted octanol–water partition coefficient (Wildman–Crippen LogP) is 3.27. The Bertz CT molecular complexity index is 1000. The van der Waals surface area contributed by atoms with Crippen LogP contribution in [0.2, 0.25) is 0 Å². The van der Waals surface area contributed by atoms with Crippen molar-refractivity contribution in [1.29, 1.82) is 0 Å². The summed E-state index contributed by atoms with van der Waals surface area (Å²) in [4.78, 5) is 12.7. The number of hydrogen-bond acceptors (Lipinski definition) is 5. The third kappa shape index (κ3) is 4.83. The van der Waals surface area contributed by atoms with Gasteiger partial charge < -0.3 is 14.8 Å². The standard InChI is InChI=1S/C22H28N2O5S/c1-22(2,3)17-7-5-16(6-8-17)21(25)23-18-9-10-19(28-4)20(15-18)30(26,27)24-11-13-29-14-12-24/h5-10,15H,11-14H2,1-4H3,(H,23,25). The van der Waals surface area contributed by atoms with E-state index in [4.69, 9.17) is 9.47 Å². The number of nitrogens with one attached hydrogen (secondary N) is 1.